The van der Waals surface area contributed by atoms with Gasteiger partial charge in [-0.3, -0.25) is 0 Å². The van der Waals surface area contributed by atoms with Gasteiger partial charge in [-0.05, 0) is 47.5 Å². The third kappa shape index (κ3) is 4.00. The summed E-state index contributed by atoms with van der Waals surface area (Å²) in [6.45, 7) is 0. The van der Waals surface area contributed by atoms with Gasteiger partial charge in [-0.1, -0.05) is 59.8 Å². The number of alkyl halides is 3. The summed E-state index contributed by atoms with van der Waals surface area (Å²) in [5.41, 5.74) is 1.76. The van der Waals surface area contributed by atoms with Crippen molar-refractivity contribution in [1.29, 1.82) is 5.26 Å². The number of halogens is 4. The van der Waals surface area contributed by atoms with Crippen molar-refractivity contribution in [3.8, 4) is 6.07 Å². The molecule has 0 aromatic heterocycles. The lowest BCUT2D eigenvalue weighted by Crippen LogP contribution is -2.41. The molecule has 3 aromatic carbocycles. The molecule has 0 bridgehead atoms. The first-order valence-corrected chi connectivity index (χ1v) is 10.4. The summed E-state index contributed by atoms with van der Waals surface area (Å²) in [7, 11) is 0. The minimum absolute atomic E-state index is 0.279. The number of nitriles is 1. The van der Waals surface area contributed by atoms with E-state index in [1.165, 1.54) is 23.9 Å². The van der Waals surface area contributed by atoms with Crippen molar-refractivity contribution < 1.29 is 13.2 Å². The molecule has 7 heteroatoms. The van der Waals surface area contributed by atoms with Crippen LogP contribution in [0.4, 0.5) is 18.9 Å². The zero-order valence-corrected chi connectivity index (χ0v) is 17.2. The van der Waals surface area contributed by atoms with Gasteiger partial charge >= 0.3 is 6.18 Å². The van der Waals surface area contributed by atoms with E-state index in [0.29, 0.717) is 10.6 Å². The molecule has 2 nitrogen and oxygen atoms in total. The molecule has 0 aliphatic carbocycles. The Kier molecular flexibility index (Phi) is 5.44. The highest BCUT2D eigenvalue weighted by Crippen LogP contribution is 2.52. The topological polar surface area (TPSA) is 35.8 Å². The van der Waals surface area contributed by atoms with Crippen molar-refractivity contribution in [2.75, 3.05) is 5.32 Å². The Balaban J connectivity index is 1.75. The van der Waals surface area contributed by atoms with E-state index in [1.807, 2.05) is 36.4 Å². The van der Waals surface area contributed by atoms with E-state index in [9.17, 15) is 18.4 Å². The lowest BCUT2D eigenvalue weighted by molar-refractivity contribution is -0.137. The summed E-state index contributed by atoms with van der Waals surface area (Å²) in [4.78, 5) is 0.927. The van der Waals surface area contributed by atoms with Crippen LogP contribution in [0.3, 0.4) is 0 Å². The molecule has 1 aliphatic heterocycles. The summed E-state index contributed by atoms with van der Waals surface area (Å²) < 4.78 is 37.8. The Morgan fingerprint density at radius 1 is 1.00 bits per heavy atom. The molecular formula is C23H16ClF3N2S. The second-order valence-corrected chi connectivity index (χ2v) is 8.91. The van der Waals surface area contributed by atoms with Crippen molar-refractivity contribution in [2.24, 2.45) is 0 Å². The van der Waals surface area contributed by atoms with Crippen LogP contribution in [-0.4, -0.2) is 4.75 Å². The van der Waals surface area contributed by atoms with Crippen LogP contribution < -0.4 is 5.32 Å². The van der Waals surface area contributed by atoms with Gasteiger partial charge in [-0.25, -0.2) is 0 Å². The van der Waals surface area contributed by atoms with Crippen molar-refractivity contribution in [1.82, 2.24) is 0 Å². The van der Waals surface area contributed by atoms with E-state index >= 15 is 0 Å². The molecule has 0 amide bonds. The SMILES string of the molecule is N#CC1(Cc2ccc(C(F)(F)F)cc2)Sc2ccccc2NC1c1ccc(Cl)cc1. The second kappa shape index (κ2) is 7.90. The third-order valence-electron chi connectivity index (χ3n) is 5.09. The highest BCUT2D eigenvalue weighted by molar-refractivity contribution is 8.01. The number of anilines is 1. The molecule has 1 aliphatic rings. The lowest BCUT2D eigenvalue weighted by atomic mass is 9.87. The van der Waals surface area contributed by atoms with Crippen molar-refractivity contribution in [2.45, 2.75) is 28.3 Å². The van der Waals surface area contributed by atoms with Crippen LogP contribution in [0.15, 0.2) is 77.7 Å². The van der Waals surface area contributed by atoms with Crippen molar-refractivity contribution >= 4 is 29.1 Å². The van der Waals surface area contributed by atoms with Crippen LogP contribution in [0, 0.1) is 11.3 Å². The van der Waals surface area contributed by atoms with E-state index in [0.717, 1.165) is 28.3 Å². The van der Waals surface area contributed by atoms with Crippen LogP contribution in [0.1, 0.15) is 22.7 Å². The Hall–Kier alpha value is -2.62. The number of hydrogen-bond acceptors (Lipinski definition) is 3. The first kappa shape index (κ1) is 20.6. The summed E-state index contributed by atoms with van der Waals surface area (Å²) in [5, 5.41) is 14.3. The molecule has 0 spiro atoms. The number of nitrogens with one attached hydrogen (secondary N) is 1. The van der Waals surface area contributed by atoms with E-state index in [1.54, 1.807) is 12.1 Å². The maximum Gasteiger partial charge on any atom is 0.416 e. The average Bonchev–Trinajstić information content (AvgIpc) is 2.73. The van der Waals surface area contributed by atoms with Crippen LogP contribution in [0.5, 0.6) is 0 Å². The minimum Gasteiger partial charge on any atom is -0.375 e. The fourth-order valence-corrected chi connectivity index (χ4v) is 5.09. The molecule has 0 radical (unpaired) electrons. The maximum absolute atomic E-state index is 12.9. The van der Waals surface area contributed by atoms with Crippen molar-refractivity contribution in [3.63, 3.8) is 0 Å². The fourth-order valence-electron chi connectivity index (χ4n) is 3.59. The standard InChI is InChI=1S/C23H16ClF3N2S/c24-18-11-7-16(8-12-18)21-22(14-28,30-20-4-2-1-3-19(20)29-21)13-15-5-9-17(10-6-15)23(25,26)27/h1-12,21,29H,13H2. The van der Waals surface area contributed by atoms with Gasteiger partial charge in [0.2, 0.25) is 0 Å². The maximum atomic E-state index is 12.9. The lowest BCUT2D eigenvalue weighted by Gasteiger charge is -2.40. The molecular weight excluding hydrogens is 429 g/mol. The normalized spacial score (nSPS) is 20.7. The number of hydrogen-bond donors (Lipinski definition) is 1. The number of fused-ring (bicyclic) bond motifs is 1. The Morgan fingerprint density at radius 3 is 2.30 bits per heavy atom. The van der Waals surface area contributed by atoms with Gasteiger partial charge in [0.1, 0.15) is 4.75 Å². The van der Waals surface area contributed by atoms with Gasteiger partial charge in [-0.2, -0.15) is 18.4 Å². The minimum atomic E-state index is -4.39. The molecule has 1 N–H and O–H groups in total. The molecule has 1 heterocycles. The third-order valence-corrected chi connectivity index (χ3v) is 6.75. The van der Waals surface area contributed by atoms with Crippen LogP contribution in [0.25, 0.3) is 0 Å². The number of thioether (sulfide) groups is 1. The van der Waals surface area contributed by atoms with Gasteiger partial charge in [0.15, 0.2) is 0 Å². The zero-order valence-electron chi connectivity index (χ0n) is 15.6. The molecule has 2 atom stereocenters. The first-order chi connectivity index (χ1) is 14.3. The smallest absolute Gasteiger partial charge is 0.375 e. The molecule has 0 saturated heterocycles. The van der Waals surface area contributed by atoms with Crippen LogP contribution in [-0.2, 0) is 12.6 Å². The molecule has 3 aromatic rings. The van der Waals surface area contributed by atoms with E-state index in [2.05, 4.69) is 11.4 Å². The summed E-state index contributed by atoms with van der Waals surface area (Å²) in [6.07, 6.45) is -4.11. The van der Waals surface area contributed by atoms with Gasteiger partial charge < -0.3 is 5.32 Å². The Labute approximate surface area is 181 Å². The molecule has 0 saturated carbocycles. The number of benzene rings is 3. The number of nitrogens with zero attached hydrogens (tertiary/aromatic N) is 1. The van der Waals surface area contributed by atoms with E-state index < -0.39 is 16.5 Å². The molecule has 0 fully saturated rings. The zero-order chi connectivity index (χ0) is 21.4. The van der Waals surface area contributed by atoms with E-state index in [-0.39, 0.29) is 12.5 Å². The van der Waals surface area contributed by atoms with Gasteiger partial charge in [-0.15, -0.1) is 0 Å². The Bertz CT molecular complexity index is 1090. The van der Waals surface area contributed by atoms with E-state index in [4.69, 9.17) is 11.6 Å². The first-order valence-electron chi connectivity index (χ1n) is 9.18. The monoisotopic (exact) mass is 444 g/mol. The highest BCUT2D eigenvalue weighted by Gasteiger charge is 2.45. The molecule has 2 unspecified atom stereocenters. The average molecular weight is 445 g/mol. The summed E-state index contributed by atoms with van der Waals surface area (Å²) in [6, 6.07) is 22.1. The van der Waals surface area contributed by atoms with Gasteiger partial charge in [0.25, 0.3) is 0 Å². The molecule has 4 rings (SSSR count). The number of rotatable bonds is 3. The fraction of sp³-hybridized carbons (Fsp3) is 0.174. The highest BCUT2D eigenvalue weighted by atomic mass is 35.5. The Morgan fingerprint density at radius 2 is 1.67 bits per heavy atom. The second-order valence-electron chi connectivity index (χ2n) is 7.10. The predicted octanol–water partition coefficient (Wildman–Crippen LogP) is 7.12. The summed E-state index contributed by atoms with van der Waals surface area (Å²) in [5.74, 6) is 0. The van der Waals surface area contributed by atoms with Gasteiger partial charge in [0, 0.05) is 22.0 Å². The van der Waals surface area contributed by atoms with Crippen LogP contribution >= 0.6 is 23.4 Å². The summed E-state index contributed by atoms with van der Waals surface area (Å²) >= 11 is 7.47. The molecule has 152 valence electrons. The number of para-hydroxylation sites is 1. The van der Waals surface area contributed by atoms with Crippen molar-refractivity contribution in [3.05, 3.63) is 94.5 Å². The predicted molar refractivity (Wildman–Crippen MR) is 114 cm³/mol. The van der Waals surface area contributed by atoms with Gasteiger partial charge in [0.05, 0.1) is 17.7 Å². The molecule has 30 heavy (non-hydrogen) atoms. The largest absolute Gasteiger partial charge is 0.416 e. The quantitative estimate of drug-likeness (QED) is 0.467. The van der Waals surface area contributed by atoms with Crippen LogP contribution in [0.2, 0.25) is 5.02 Å².